The van der Waals surface area contributed by atoms with E-state index in [-0.39, 0.29) is 24.1 Å². The molecule has 2 aromatic rings. The van der Waals surface area contributed by atoms with Crippen molar-refractivity contribution < 1.29 is 14.3 Å². The lowest BCUT2D eigenvalue weighted by molar-refractivity contribution is -0.136. The van der Waals surface area contributed by atoms with Crippen LogP contribution in [0.5, 0.6) is 0 Å². The maximum absolute atomic E-state index is 13.0. The highest BCUT2D eigenvalue weighted by atomic mass is 35.5. The van der Waals surface area contributed by atoms with Gasteiger partial charge < -0.3 is 10.1 Å². The third-order valence-electron chi connectivity index (χ3n) is 4.47. The highest BCUT2D eigenvalue weighted by Gasteiger charge is 2.38. The highest BCUT2D eigenvalue weighted by molar-refractivity contribution is 6.37. The first kappa shape index (κ1) is 20.4. The van der Waals surface area contributed by atoms with Crippen LogP contribution in [0, 0.1) is 6.92 Å². The van der Waals surface area contributed by atoms with Crippen LogP contribution in [0.4, 0.5) is 5.69 Å². The maximum Gasteiger partial charge on any atom is 0.278 e. The van der Waals surface area contributed by atoms with E-state index in [1.807, 2.05) is 19.1 Å². The molecule has 1 aliphatic rings. The molecule has 1 heterocycles. The van der Waals surface area contributed by atoms with E-state index in [4.69, 9.17) is 27.9 Å². The standard InChI is InChI=1S/C21H20Cl2N2O3/c1-13-4-9-16(12-17(13)23)24-19-18(14-5-7-15(22)8-6-14)20(26)25(21(19)27)10-3-11-28-2/h4-9,12,24H,3,10-11H2,1-2H3. The second-order valence-electron chi connectivity index (χ2n) is 6.45. The lowest BCUT2D eigenvalue weighted by Crippen LogP contribution is -2.33. The maximum atomic E-state index is 13.0. The minimum atomic E-state index is -0.372. The fourth-order valence-corrected chi connectivity index (χ4v) is 3.27. The summed E-state index contributed by atoms with van der Waals surface area (Å²) < 4.78 is 5.04. The van der Waals surface area contributed by atoms with Crippen molar-refractivity contribution in [1.82, 2.24) is 4.90 Å². The van der Waals surface area contributed by atoms with Gasteiger partial charge in [0, 0.05) is 36.0 Å². The quantitative estimate of drug-likeness (QED) is 0.529. The average molecular weight is 419 g/mol. The van der Waals surface area contributed by atoms with Crippen LogP contribution >= 0.6 is 23.2 Å². The Bertz CT molecular complexity index is 939. The number of nitrogens with zero attached hydrogens (tertiary/aromatic N) is 1. The predicted octanol–water partition coefficient (Wildman–Crippen LogP) is 4.53. The summed E-state index contributed by atoms with van der Waals surface area (Å²) in [6, 6.07) is 12.2. The van der Waals surface area contributed by atoms with Crippen LogP contribution in [0.1, 0.15) is 17.5 Å². The Morgan fingerprint density at radius 3 is 2.39 bits per heavy atom. The van der Waals surface area contributed by atoms with E-state index in [9.17, 15) is 9.59 Å². The van der Waals surface area contributed by atoms with Gasteiger partial charge in [0.15, 0.2) is 0 Å². The van der Waals surface area contributed by atoms with Gasteiger partial charge in [0.25, 0.3) is 11.8 Å². The van der Waals surface area contributed by atoms with Crippen LogP contribution in [0.25, 0.3) is 5.57 Å². The minimum Gasteiger partial charge on any atom is -0.385 e. The molecule has 0 unspecified atom stereocenters. The van der Waals surface area contributed by atoms with Gasteiger partial charge >= 0.3 is 0 Å². The smallest absolute Gasteiger partial charge is 0.278 e. The van der Waals surface area contributed by atoms with Gasteiger partial charge in [-0.3, -0.25) is 14.5 Å². The zero-order valence-corrected chi connectivity index (χ0v) is 17.1. The van der Waals surface area contributed by atoms with Crippen molar-refractivity contribution in [3.8, 4) is 0 Å². The monoisotopic (exact) mass is 418 g/mol. The molecule has 0 radical (unpaired) electrons. The molecule has 0 saturated heterocycles. The van der Waals surface area contributed by atoms with Crippen LogP contribution in [-0.2, 0) is 14.3 Å². The first-order valence-electron chi connectivity index (χ1n) is 8.81. The van der Waals surface area contributed by atoms with E-state index in [0.717, 1.165) is 5.56 Å². The number of amides is 2. The largest absolute Gasteiger partial charge is 0.385 e. The first-order chi connectivity index (χ1) is 13.4. The van der Waals surface area contributed by atoms with Gasteiger partial charge in [-0.05, 0) is 48.7 Å². The number of hydrogen-bond acceptors (Lipinski definition) is 4. The molecule has 5 nitrogen and oxygen atoms in total. The van der Waals surface area contributed by atoms with Gasteiger partial charge in [-0.2, -0.15) is 0 Å². The molecule has 0 bridgehead atoms. The second kappa shape index (κ2) is 8.78. The minimum absolute atomic E-state index is 0.227. The number of nitrogens with one attached hydrogen (secondary N) is 1. The number of anilines is 1. The number of benzene rings is 2. The summed E-state index contributed by atoms with van der Waals surface area (Å²) in [5, 5.41) is 4.22. The topological polar surface area (TPSA) is 58.6 Å². The van der Waals surface area contributed by atoms with E-state index in [1.165, 1.54) is 4.90 Å². The molecular weight excluding hydrogens is 399 g/mol. The average Bonchev–Trinajstić information content (AvgIpc) is 2.90. The van der Waals surface area contributed by atoms with Crippen LogP contribution in [-0.4, -0.2) is 37.0 Å². The van der Waals surface area contributed by atoms with Crippen molar-refractivity contribution in [3.05, 3.63) is 69.3 Å². The van der Waals surface area contributed by atoms with Gasteiger partial charge in [0.2, 0.25) is 0 Å². The number of carbonyl (C=O) groups excluding carboxylic acids is 2. The molecular formula is C21H20Cl2N2O3. The zero-order chi connectivity index (χ0) is 20.3. The molecule has 3 rings (SSSR count). The number of imide groups is 1. The molecule has 2 aromatic carbocycles. The Balaban J connectivity index is 1.99. The molecule has 28 heavy (non-hydrogen) atoms. The number of methoxy groups -OCH3 is 1. The van der Waals surface area contributed by atoms with Crippen LogP contribution in [0.2, 0.25) is 10.0 Å². The number of hydrogen-bond donors (Lipinski definition) is 1. The third-order valence-corrected chi connectivity index (χ3v) is 5.13. The zero-order valence-electron chi connectivity index (χ0n) is 15.6. The fourth-order valence-electron chi connectivity index (χ4n) is 2.96. The van der Waals surface area contributed by atoms with E-state index < -0.39 is 0 Å². The lowest BCUT2D eigenvalue weighted by Gasteiger charge is -2.15. The van der Waals surface area contributed by atoms with Gasteiger partial charge in [0.05, 0.1) is 5.57 Å². The van der Waals surface area contributed by atoms with E-state index in [0.29, 0.717) is 39.9 Å². The van der Waals surface area contributed by atoms with E-state index in [1.54, 1.807) is 37.4 Å². The molecule has 146 valence electrons. The van der Waals surface area contributed by atoms with Gasteiger partial charge in [-0.15, -0.1) is 0 Å². The van der Waals surface area contributed by atoms with Crippen LogP contribution in [0.15, 0.2) is 48.2 Å². The highest BCUT2D eigenvalue weighted by Crippen LogP contribution is 2.32. The molecule has 0 saturated carbocycles. The fraction of sp³-hybridized carbons (Fsp3) is 0.238. The third kappa shape index (κ3) is 4.22. The Morgan fingerprint density at radius 2 is 1.75 bits per heavy atom. The number of halogens is 2. The Labute approximate surface area is 173 Å². The number of aryl methyl sites for hydroxylation is 1. The number of ether oxygens (including phenoxy) is 1. The second-order valence-corrected chi connectivity index (χ2v) is 7.30. The summed E-state index contributed by atoms with van der Waals surface area (Å²) in [6.07, 6.45) is 0.561. The summed E-state index contributed by atoms with van der Waals surface area (Å²) in [5.74, 6) is -0.716. The normalized spacial score (nSPS) is 14.2. The molecule has 1 aliphatic heterocycles. The molecule has 2 amide bonds. The summed E-state index contributed by atoms with van der Waals surface area (Å²) in [6.45, 7) is 2.64. The van der Waals surface area contributed by atoms with Crippen molar-refractivity contribution in [2.75, 3.05) is 25.6 Å². The lowest BCUT2D eigenvalue weighted by atomic mass is 10.0. The Morgan fingerprint density at radius 1 is 1.04 bits per heavy atom. The van der Waals surface area contributed by atoms with Gasteiger partial charge in [-0.1, -0.05) is 41.4 Å². The molecule has 7 heteroatoms. The van der Waals surface area contributed by atoms with Crippen molar-refractivity contribution in [3.63, 3.8) is 0 Å². The molecule has 0 aliphatic carbocycles. The first-order valence-corrected chi connectivity index (χ1v) is 9.56. The van der Waals surface area contributed by atoms with Crippen molar-refractivity contribution in [2.45, 2.75) is 13.3 Å². The van der Waals surface area contributed by atoms with Gasteiger partial charge in [0.1, 0.15) is 5.70 Å². The van der Waals surface area contributed by atoms with Gasteiger partial charge in [-0.25, -0.2) is 0 Å². The number of rotatable bonds is 7. The molecule has 0 fully saturated rings. The summed E-state index contributed by atoms with van der Waals surface area (Å²) in [7, 11) is 1.58. The number of carbonyl (C=O) groups is 2. The van der Waals surface area contributed by atoms with E-state index >= 15 is 0 Å². The Kier molecular flexibility index (Phi) is 6.39. The van der Waals surface area contributed by atoms with Crippen LogP contribution < -0.4 is 5.32 Å². The summed E-state index contributed by atoms with van der Waals surface area (Å²) in [5.41, 5.74) is 2.73. The van der Waals surface area contributed by atoms with Crippen molar-refractivity contribution in [2.24, 2.45) is 0 Å². The van der Waals surface area contributed by atoms with Crippen molar-refractivity contribution in [1.29, 1.82) is 0 Å². The van der Waals surface area contributed by atoms with Crippen molar-refractivity contribution >= 4 is 46.3 Å². The van der Waals surface area contributed by atoms with Crippen LogP contribution in [0.3, 0.4) is 0 Å². The predicted molar refractivity (Wildman–Crippen MR) is 111 cm³/mol. The SMILES string of the molecule is COCCCN1C(=O)C(Nc2ccc(C)c(Cl)c2)=C(c2ccc(Cl)cc2)C1=O. The summed E-state index contributed by atoms with van der Waals surface area (Å²) >= 11 is 12.2. The summed E-state index contributed by atoms with van der Waals surface area (Å²) in [4.78, 5) is 27.3. The molecule has 0 atom stereocenters. The van der Waals surface area contributed by atoms with E-state index in [2.05, 4.69) is 5.32 Å². The Hall–Kier alpha value is -2.34. The molecule has 0 spiro atoms. The molecule has 0 aromatic heterocycles. The molecule has 1 N–H and O–H groups in total.